The van der Waals surface area contributed by atoms with Crippen molar-refractivity contribution in [3.05, 3.63) is 17.7 Å². The monoisotopic (exact) mass is 214 g/mol. The van der Waals surface area contributed by atoms with Crippen LogP contribution in [0.1, 0.15) is 0 Å². The number of pyridine rings is 1. The Balaban J connectivity index is 3.02. The second kappa shape index (κ2) is 3.28. The van der Waals surface area contributed by atoms with Crippen molar-refractivity contribution in [2.45, 2.75) is 6.36 Å². The fraction of sp³-hybridized carbons (Fsp3) is 0.167. The third kappa shape index (κ3) is 2.44. The maximum absolute atomic E-state index is 12.5. The number of hydrogen-bond donors (Lipinski definition) is 1. The van der Waals surface area contributed by atoms with Gasteiger partial charge in [-0.2, -0.15) is 9.37 Å². The number of rotatable bonds is 1. The molecule has 0 atom stereocenters. The van der Waals surface area contributed by atoms with Crippen molar-refractivity contribution < 1.29 is 26.7 Å². The summed E-state index contributed by atoms with van der Waals surface area (Å²) in [4.78, 5) is 2.84. The van der Waals surface area contributed by atoms with Crippen LogP contribution in [0.3, 0.4) is 0 Å². The topological polar surface area (TPSA) is 48.1 Å². The molecule has 1 aromatic rings. The summed E-state index contributed by atoms with van der Waals surface area (Å²) in [5.41, 5.74) is 4.77. The average molecular weight is 214 g/mol. The summed E-state index contributed by atoms with van der Waals surface area (Å²) in [5.74, 6) is -5.21. The van der Waals surface area contributed by atoms with Gasteiger partial charge in [-0.3, -0.25) is 0 Å². The molecule has 1 heterocycles. The minimum atomic E-state index is -5.02. The molecule has 2 N–H and O–H groups in total. The largest absolute Gasteiger partial charge is 0.574 e. The number of halogens is 5. The Morgan fingerprint density at radius 2 is 1.86 bits per heavy atom. The molecule has 3 nitrogen and oxygen atoms in total. The molecule has 0 aliphatic carbocycles. The van der Waals surface area contributed by atoms with Crippen LogP contribution in [0, 0.1) is 11.6 Å². The number of anilines is 1. The predicted octanol–water partition coefficient (Wildman–Crippen LogP) is 1.84. The van der Waals surface area contributed by atoms with Crippen LogP contribution >= 0.6 is 0 Å². The standard InChI is InChI=1S/C6H3F5N2O/c7-2-1-3(14-6(9,10)11)13-5(12)4(2)8/h1H,(H2,12,13). The zero-order valence-corrected chi connectivity index (χ0v) is 6.40. The summed E-state index contributed by atoms with van der Waals surface area (Å²) < 4.78 is 62.9. The summed E-state index contributed by atoms with van der Waals surface area (Å²) in [7, 11) is 0. The van der Waals surface area contributed by atoms with Crippen molar-refractivity contribution >= 4 is 5.82 Å². The number of nitrogens with zero attached hydrogens (tertiary/aromatic N) is 1. The lowest BCUT2D eigenvalue weighted by atomic mass is 10.4. The number of nitrogen functional groups attached to an aromatic ring is 1. The maximum atomic E-state index is 12.5. The number of alkyl halides is 3. The van der Waals surface area contributed by atoms with Crippen LogP contribution in [0.2, 0.25) is 0 Å². The number of nitrogens with two attached hydrogens (primary N) is 1. The van der Waals surface area contributed by atoms with Crippen LogP contribution in [0.4, 0.5) is 27.8 Å². The molecule has 0 aliphatic heterocycles. The quantitative estimate of drug-likeness (QED) is 0.725. The normalized spacial score (nSPS) is 11.5. The van der Waals surface area contributed by atoms with Crippen LogP contribution in [0.15, 0.2) is 6.07 Å². The highest BCUT2D eigenvalue weighted by Gasteiger charge is 2.32. The molecule has 0 spiro atoms. The third-order valence-electron chi connectivity index (χ3n) is 1.14. The Labute approximate surface area is 74.3 Å². The number of aromatic nitrogens is 1. The van der Waals surface area contributed by atoms with Gasteiger partial charge in [0.15, 0.2) is 11.6 Å². The molecule has 0 aromatic carbocycles. The smallest absolute Gasteiger partial charge is 0.388 e. The molecule has 14 heavy (non-hydrogen) atoms. The molecule has 0 amide bonds. The van der Waals surface area contributed by atoms with E-state index >= 15 is 0 Å². The Hall–Kier alpha value is -1.60. The van der Waals surface area contributed by atoms with Crippen LogP contribution in [0.5, 0.6) is 5.88 Å². The van der Waals surface area contributed by atoms with Gasteiger partial charge < -0.3 is 10.5 Å². The van der Waals surface area contributed by atoms with Crippen molar-refractivity contribution in [2.75, 3.05) is 5.73 Å². The fourth-order valence-corrected chi connectivity index (χ4v) is 0.665. The lowest BCUT2D eigenvalue weighted by molar-refractivity contribution is -0.276. The van der Waals surface area contributed by atoms with Gasteiger partial charge in [0.1, 0.15) is 0 Å². The van der Waals surface area contributed by atoms with Crippen LogP contribution in [-0.4, -0.2) is 11.3 Å². The molecule has 0 radical (unpaired) electrons. The van der Waals surface area contributed by atoms with E-state index in [0.717, 1.165) is 0 Å². The first-order valence-corrected chi connectivity index (χ1v) is 3.17. The second-order valence-electron chi connectivity index (χ2n) is 2.19. The van der Waals surface area contributed by atoms with Crippen LogP contribution < -0.4 is 10.5 Å². The van der Waals surface area contributed by atoms with Gasteiger partial charge in [-0.25, -0.2) is 4.39 Å². The summed E-state index contributed by atoms with van der Waals surface area (Å²) in [5, 5.41) is 0. The fourth-order valence-electron chi connectivity index (χ4n) is 0.665. The van der Waals surface area contributed by atoms with E-state index < -0.39 is 29.7 Å². The maximum Gasteiger partial charge on any atom is 0.574 e. The Bertz CT molecular complexity index is 328. The molecular formula is C6H3F5N2O. The molecule has 0 saturated heterocycles. The van der Waals surface area contributed by atoms with Gasteiger partial charge in [0.25, 0.3) is 0 Å². The van der Waals surface area contributed by atoms with E-state index in [1.165, 1.54) is 0 Å². The van der Waals surface area contributed by atoms with Gasteiger partial charge in [0, 0.05) is 6.07 Å². The lowest BCUT2D eigenvalue weighted by Crippen LogP contribution is -2.18. The summed E-state index contributed by atoms with van der Waals surface area (Å²) in [6, 6.07) is 0.152. The van der Waals surface area contributed by atoms with Gasteiger partial charge in [-0.1, -0.05) is 0 Å². The SMILES string of the molecule is Nc1nc(OC(F)(F)F)cc(F)c1F. The van der Waals surface area contributed by atoms with E-state index in [-0.39, 0.29) is 6.07 Å². The summed E-state index contributed by atoms with van der Waals surface area (Å²) in [6.07, 6.45) is -5.02. The molecule has 0 aliphatic rings. The van der Waals surface area contributed by atoms with E-state index in [1.54, 1.807) is 0 Å². The van der Waals surface area contributed by atoms with Gasteiger partial charge in [-0.05, 0) is 0 Å². The van der Waals surface area contributed by atoms with Crippen molar-refractivity contribution in [2.24, 2.45) is 0 Å². The van der Waals surface area contributed by atoms with Crippen molar-refractivity contribution in [3.8, 4) is 5.88 Å². The molecule has 8 heteroatoms. The molecule has 0 fully saturated rings. The zero-order chi connectivity index (χ0) is 10.9. The number of hydrogen-bond acceptors (Lipinski definition) is 3. The molecule has 0 bridgehead atoms. The van der Waals surface area contributed by atoms with Gasteiger partial charge >= 0.3 is 6.36 Å². The minimum absolute atomic E-state index is 0.152. The molecular weight excluding hydrogens is 211 g/mol. The average Bonchev–Trinajstić information content (AvgIpc) is 1.96. The Kier molecular flexibility index (Phi) is 2.45. The van der Waals surface area contributed by atoms with E-state index in [2.05, 4.69) is 9.72 Å². The van der Waals surface area contributed by atoms with E-state index in [1.807, 2.05) is 0 Å². The van der Waals surface area contributed by atoms with Gasteiger partial charge in [-0.15, -0.1) is 13.2 Å². The highest BCUT2D eigenvalue weighted by atomic mass is 19.4. The molecule has 1 aromatic heterocycles. The Morgan fingerprint density at radius 1 is 1.29 bits per heavy atom. The lowest BCUT2D eigenvalue weighted by Gasteiger charge is -2.08. The molecule has 1 rings (SSSR count). The van der Waals surface area contributed by atoms with Gasteiger partial charge in [0.2, 0.25) is 11.7 Å². The first-order valence-electron chi connectivity index (χ1n) is 3.17. The summed E-state index contributed by atoms with van der Waals surface area (Å²) >= 11 is 0. The van der Waals surface area contributed by atoms with E-state index in [0.29, 0.717) is 0 Å². The minimum Gasteiger partial charge on any atom is -0.388 e. The molecule has 78 valence electrons. The van der Waals surface area contributed by atoms with Crippen molar-refractivity contribution in [1.29, 1.82) is 0 Å². The zero-order valence-electron chi connectivity index (χ0n) is 6.40. The molecule has 0 saturated carbocycles. The highest BCUT2D eigenvalue weighted by molar-refractivity contribution is 5.34. The van der Waals surface area contributed by atoms with Crippen molar-refractivity contribution in [3.63, 3.8) is 0 Å². The van der Waals surface area contributed by atoms with Crippen LogP contribution in [-0.2, 0) is 0 Å². The Morgan fingerprint density at radius 3 is 2.29 bits per heavy atom. The van der Waals surface area contributed by atoms with Gasteiger partial charge in [0.05, 0.1) is 0 Å². The van der Waals surface area contributed by atoms with E-state index in [4.69, 9.17) is 5.73 Å². The summed E-state index contributed by atoms with van der Waals surface area (Å²) in [6.45, 7) is 0. The predicted molar refractivity (Wildman–Crippen MR) is 35.2 cm³/mol. The van der Waals surface area contributed by atoms with Crippen molar-refractivity contribution in [1.82, 2.24) is 4.98 Å². The van der Waals surface area contributed by atoms with Crippen LogP contribution in [0.25, 0.3) is 0 Å². The first-order chi connectivity index (χ1) is 6.29. The number of ether oxygens (including phenoxy) is 1. The van der Waals surface area contributed by atoms with E-state index in [9.17, 15) is 22.0 Å². The highest BCUT2D eigenvalue weighted by Crippen LogP contribution is 2.24. The molecule has 0 unspecified atom stereocenters. The second-order valence-corrected chi connectivity index (χ2v) is 2.19. The third-order valence-corrected chi connectivity index (χ3v) is 1.14. The first kappa shape index (κ1) is 10.5.